The Balaban J connectivity index is 1.49. The number of amides is 1. The van der Waals surface area contributed by atoms with E-state index in [4.69, 9.17) is 30.8 Å². The number of esters is 1. The molecule has 2 aliphatic rings. The Hall–Kier alpha value is -2.62. The molecule has 1 atom stereocenters. The van der Waals surface area contributed by atoms with Crippen LogP contribution >= 0.6 is 24.0 Å². The molecule has 2 fully saturated rings. The molecular weight excluding hydrogens is 426 g/mol. The van der Waals surface area contributed by atoms with Crippen LogP contribution in [0.2, 0.25) is 0 Å². The Morgan fingerprint density at radius 1 is 1.37 bits per heavy atom. The second-order valence-corrected chi connectivity index (χ2v) is 8.38. The Kier molecular flexibility index (Phi) is 6.21. The summed E-state index contributed by atoms with van der Waals surface area (Å²) in [7, 11) is 1.48. The van der Waals surface area contributed by atoms with E-state index in [0.717, 1.165) is 25.0 Å². The van der Waals surface area contributed by atoms with Crippen LogP contribution in [0.1, 0.15) is 29.0 Å². The molecule has 9 heteroatoms. The number of thiocarbonyl (C=S) groups is 1. The van der Waals surface area contributed by atoms with Crippen LogP contribution in [0.3, 0.4) is 0 Å². The quantitative estimate of drug-likeness (QED) is 0.287. The predicted molar refractivity (Wildman–Crippen MR) is 116 cm³/mol. The Labute approximate surface area is 183 Å². The van der Waals surface area contributed by atoms with Crippen molar-refractivity contribution in [3.8, 4) is 11.5 Å². The van der Waals surface area contributed by atoms with Crippen LogP contribution in [0.25, 0.3) is 6.08 Å². The summed E-state index contributed by atoms with van der Waals surface area (Å²) in [4.78, 5) is 27.0. The molecule has 4 rings (SSSR count). The van der Waals surface area contributed by atoms with E-state index < -0.39 is 5.97 Å². The molecule has 0 unspecified atom stereocenters. The average Bonchev–Trinajstić information content (AvgIpc) is 3.49. The molecule has 1 aromatic carbocycles. The highest BCUT2D eigenvalue weighted by molar-refractivity contribution is 8.26. The third-order valence-corrected chi connectivity index (χ3v) is 6.07. The normalized spacial score (nSPS) is 20.2. The summed E-state index contributed by atoms with van der Waals surface area (Å²) in [5.41, 5.74) is 0.724. The summed E-state index contributed by atoms with van der Waals surface area (Å²) < 4.78 is 21.9. The molecule has 2 aromatic rings. The van der Waals surface area contributed by atoms with Crippen molar-refractivity contribution in [3.05, 3.63) is 52.8 Å². The topological polar surface area (TPSA) is 78.2 Å². The highest BCUT2D eigenvalue weighted by atomic mass is 32.2. The lowest BCUT2D eigenvalue weighted by Gasteiger charge is -2.18. The van der Waals surface area contributed by atoms with Gasteiger partial charge in [-0.05, 0) is 48.7 Å². The van der Waals surface area contributed by atoms with Crippen molar-refractivity contribution in [1.82, 2.24) is 4.90 Å². The van der Waals surface area contributed by atoms with E-state index in [9.17, 15) is 9.59 Å². The van der Waals surface area contributed by atoms with Crippen LogP contribution in [-0.2, 0) is 9.53 Å². The Morgan fingerprint density at radius 2 is 2.23 bits per heavy atom. The summed E-state index contributed by atoms with van der Waals surface area (Å²) in [6.45, 7) is 1.21. The minimum atomic E-state index is -0.624. The molecule has 7 nitrogen and oxygen atoms in total. The van der Waals surface area contributed by atoms with Gasteiger partial charge in [-0.2, -0.15) is 0 Å². The standard InChI is InChI=1S/C21H19NO6S2/c1-25-17-10-13(6-7-15(17)28-20(24)16-5-3-9-27-16)11-18-19(23)22(21(29)30-18)12-14-4-2-8-26-14/h3,5-7,9-11,14H,2,4,8,12H2,1H3/b18-11-/t14-/m1/s1. The fraction of sp³-hybridized carbons (Fsp3) is 0.286. The van der Waals surface area contributed by atoms with Gasteiger partial charge in [0.15, 0.2) is 11.5 Å². The molecule has 0 radical (unpaired) electrons. The van der Waals surface area contributed by atoms with Crippen molar-refractivity contribution in [2.24, 2.45) is 0 Å². The molecule has 0 N–H and O–H groups in total. The largest absolute Gasteiger partial charge is 0.493 e. The number of ether oxygens (including phenoxy) is 3. The molecule has 2 aliphatic heterocycles. The maximum absolute atomic E-state index is 12.8. The number of benzene rings is 1. The van der Waals surface area contributed by atoms with Gasteiger partial charge in [0, 0.05) is 6.61 Å². The minimum absolute atomic E-state index is 0.0371. The number of rotatable bonds is 6. The SMILES string of the molecule is COc1cc(/C=C2\SC(=S)N(C[C@H]3CCCO3)C2=O)ccc1OC(=O)c1ccco1. The highest BCUT2D eigenvalue weighted by Crippen LogP contribution is 2.35. The third kappa shape index (κ3) is 4.43. The lowest BCUT2D eigenvalue weighted by Crippen LogP contribution is -2.35. The molecule has 30 heavy (non-hydrogen) atoms. The maximum Gasteiger partial charge on any atom is 0.379 e. The summed E-state index contributed by atoms with van der Waals surface area (Å²) in [5.74, 6) is -0.0506. The maximum atomic E-state index is 12.8. The van der Waals surface area contributed by atoms with Crippen LogP contribution < -0.4 is 9.47 Å². The number of nitrogens with zero attached hydrogens (tertiary/aromatic N) is 1. The van der Waals surface area contributed by atoms with Gasteiger partial charge in [0.25, 0.3) is 5.91 Å². The van der Waals surface area contributed by atoms with Crippen molar-refractivity contribution in [2.45, 2.75) is 18.9 Å². The van der Waals surface area contributed by atoms with Gasteiger partial charge in [0.2, 0.25) is 5.76 Å². The van der Waals surface area contributed by atoms with Crippen molar-refractivity contribution in [2.75, 3.05) is 20.3 Å². The number of hydrogen-bond acceptors (Lipinski definition) is 8. The highest BCUT2D eigenvalue weighted by Gasteiger charge is 2.34. The molecule has 0 bridgehead atoms. The van der Waals surface area contributed by atoms with Crippen LogP contribution in [-0.4, -0.2) is 47.5 Å². The van der Waals surface area contributed by atoms with Crippen molar-refractivity contribution < 1.29 is 28.2 Å². The minimum Gasteiger partial charge on any atom is -0.493 e. The van der Waals surface area contributed by atoms with Gasteiger partial charge in [-0.1, -0.05) is 30.0 Å². The third-order valence-electron chi connectivity index (χ3n) is 4.69. The van der Waals surface area contributed by atoms with Crippen LogP contribution in [0.4, 0.5) is 0 Å². The van der Waals surface area contributed by atoms with E-state index >= 15 is 0 Å². The van der Waals surface area contributed by atoms with E-state index in [-0.39, 0.29) is 23.5 Å². The molecule has 3 heterocycles. The van der Waals surface area contributed by atoms with Crippen molar-refractivity contribution in [1.29, 1.82) is 0 Å². The first kappa shape index (κ1) is 20.6. The number of carbonyl (C=O) groups is 2. The molecule has 1 amide bonds. The number of hydrogen-bond donors (Lipinski definition) is 0. The molecule has 0 aliphatic carbocycles. The second kappa shape index (κ2) is 9.03. The average molecular weight is 446 g/mol. The zero-order valence-corrected chi connectivity index (χ0v) is 17.8. The van der Waals surface area contributed by atoms with Gasteiger partial charge < -0.3 is 18.6 Å². The van der Waals surface area contributed by atoms with Crippen LogP contribution in [0.15, 0.2) is 45.9 Å². The van der Waals surface area contributed by atoms with Gasteiger partial charge in [0.1, 0.15) is 4.32 Å². The first-order valence-electron chi connectivity index (χ1n) is 9.36. The van der Waals surface area contributed by atoms with Gasteiger partial charge in [0.05, 0.1) is 30.9 Å². The molecule has 156 valence electrons. The summed E-state index contributed by atoms with van der Waals surface area (Å²) >= 11 is 6.64. The fourth-order valence-corrected chi connectivity index (χ4v) is 4.48. The van der Waals surface area contributed by atoms with Crippen LogP contribution in [0, 0.1) is 0 Å². The van der Waals surface area contributed by atoms with E-state index in [1.165, 1.54) is 31.2 Å². The van der Waals surface area contributed by atoms with E-state index in [2.05, 4.69) is 0 Å². The first-order chi connectivity index (χ1) is 14.5. The molecule has 1 aromatic heterocycles. The van der Waals surface area contributed by atoms with Gasteiger partial charge in [-0.15, -0.1) is 0 Å². The second-order valence-electron chi connectivity index (χ2n) is 6.70. The van der Waals surface area contributed by atoms with Gasteiger partial charge in [-0.25, -0.2) is 4.79 Å². The fourth-order valence-electron chi connectivity index (χ4n) is 3.20. The lowest BCUT2D eigenvalue weighted by atomic mass is 10.1. The van der Waals surface area contributed by atoms with Gasteiger partial charge in [-0.3, -0.25) is 9.69 Å². The summed E-state index contributed by atoms with van der Waals surface area (Å²) in [6.07, 6.45) is 5.12. The Bertz CT molecular complexity index is 995. The monoisotopic (exact) mass is 445 g/mol. The zero-order chi connectivity index (χ0) is 21.1. The number of methoxy groups -OCH3 is 1. The number of carbonyl (C=O) groups excluding carboxylic acids is 2. The van der Waals surface area contributed by atoms with E-state index in [0.29, 0.717) is 21.5 Å². The van der Waals surface area contributed by atoms with Gasteiger partial charge >= 0.3 is 5.97 Å². The molecular formula is C21H19NO6S2. The smallest absolute Gasteiger partial charge is 0.379 e. The zero-order valence-electron chi connectivity index (χ0n) is 16.2. The molecule has 0 saturated carbocycles. The molecule has 0 spiro atoms. The number of furan rings is 1. The molecule has 2 saturated heterocycles. The number of thioether (sulfide) groups is 1. The van der Waals surface area contributed by atoms with Crippen molar-refractivity contribution >= 4 is 46.3 Å². The van der Waals surface area contributed by atoms with E-state index in [1.54, 1.807) is 35.2 Å². The van der Waals surface area contributed by atoms with E-state index in [1.807, 2.05) is 0 Å². The Morgan fingerprint density at radius 3 is 2.93 bits per heavy atom. The predicted octanol–water partition coefficient (Wildman–Crippen LogP) is 3.89. The summed E-state index contributed by atoms with van der Waals surface area (Å²) in [5, 5.41) is 0. The first-order valence-corrected chi connectivity index (χ1v) is 10.6. The van der Waals surface area contributed by atoms with Crippen molar-refractivity contribution in [3.63, 3.8) is 0 Å². The lowest BCUT2D eigenvalue weighted by molar-refractivity contribution is -0.123. The summed E-state index contributed by atoms with van der Waals surface area (Å²) in [6, 6.07) is 8.16. The van der Waals surface area contributed by atoms with Crippen LogP contribution in [0.5, 0.6) is 11.5 Å².